The Bertz CT molecular complexity index is 1390. The summed E-state index contributed by atoms with van der Waals surface area (Å²) in [6, 6.07) is 5.16. The number of aromatic nitrogens is 5. The molecule has 0 radical (unpaired) electrons. The van der Waals surface area contributed by atoms with Gasteiger partial charge in [0.2, 0.25) is 5.91 Å². The minimum absolute atomic E-state index is 0.0387. The van der Waals surface area contributed by atoms with E-state index in [-0.39, 0.29) is 24.1 Å². The number of halogens is 1. The van der Waals surface area contributed by atoms with Crippen LogP contribution in [0.5, 0.6) is 5.75 Å². The van der Waals surface area contributed by atoms with E-state index < -0.39 is 6.09 Å². The van der Waals surface area contributed by atoms with Crippen LogP contribution in [0, 0.1) is 0 Å². The Morgan fingerprint density at radius 1 is 1.29 bits per heavy atom. The first kappa shape index (κ1) is 22.1. The zero-order valence-electron chi connectivity index (χ0n) is 18.8. The van der Waals surface area contributed by atoms with Crippen molar-refractivity contribution < 1.29 is 14.3 Å². The molecule has 0 spiro atoms. The molecule has 10 nitrogen and oxygen atoms in total. The third-order valence-corrected chi connectivity index (χ3v) is 6.14. The van der Waals surface area contributed by atoms with Crippen LogP contribution in [0.1, 0.15) is 26.2 Å². The van der Waals surface area contributed by atoms with Gasteiger partial charge in [0.05, 0.1) is 11.7 Å². The van der Waals surface area contributed by atoms with E-state index in [1.165, 1.54) is 6.20 Å². The third-order valence-electron chi connectivity index (χ3n) is 5.91. The summed E-state index contributed by atoms with van der Waals surface area (Å²) in [6.45, 7) is 3.34. The Morgan fingerprint density at radius 3 is 2.88 bits per heavy atom. The topological polar surface area (TPSA) is 118 Å². The van der Waals surface area contributed by atoms with E-state index in [2.05, 4.69) is 25.4 Å². The Labute approximate surface area is 200 Å². The average Bonchev–Trinajstić information content (AvgIpc) is 3.54. The molecular formula is C23H24ClN7O3. The molecule has 0 bridgehead atoms. The number of carbonyl (C=O) groups excluding carboxylic acids is 2. The molecule has 4 aromatic rings. The fraction of sp³-hybridized carbons (Fsp3) is 0.348. The van der Waals surface area contributed by atoms with Gasteiger partial charge in [0.1, 0.15) is 11.4 Å². The second kappa shape index (κ2) is 8.94. The van der Waals surface area contributed by atoms with Crippen molar-refractivity contribution in [1.82, 2.24) is 34.9 Å². The van der Waals surface area contributed by atoms with Crippen molar-refractivity contribution in [2.45, 2.75) is 32.2 Å². The lowest BCUT2D eigenvalue weighted by atomic mass is 10.2. The van der Waals surface area contributed by atoms with E-state index in [1.54, 1.807) is 23.9 Å². The third kappa shape index (κ3) is 4.28. The van der Waals surface area contributed by atoms with Crippen LogP contribution in [0.15, 0.2) is 30.6 Å². The first-order chi connectivity index (χ1) is 16.4. The van der Waals surface area contributed by atoms with E-state index in [0.29, 0.717) is 27.6 Å². The summed E-state index contributed by atoms with van der Waals surface area (Å²) < 4.78 is 7.22. The predicted octanol–water partition coefficient (Wildman–Crippen LogP) is 3.65. The molecule has 1 aliphatic heterocycles. The highest BCUT2D eigenvalue weighted by Gasteiger charge is 2.22. The Balaban J connectivity index is 1.33. The summed E-state index contributed by atoms with van der Waals surface area (Å²) in [4.78, 5) is 38.6. The fourth-order valence-corrected chi connectivity index (χ4v) is 4.39. The predicted molar refractivity (Wildman–Crippen MR) is 128 cm³/mol. The molecule has 4 heterocycles. The van der Waals surface area contributed by atoms with Crippen LogP contribution in [-0.4, -0.2) is 60.8 Å². The van der Waals surface area contributed by atoms with Gasteiger partial charge >= 0.3 is 6.09 Å². The number of nitrogens with one attached hydrogen (secondary N) is 2. The van der Waals surface area contributed by atoms with Gasteiger partial charge in [-0.05, 0) is 38.0 Å². The molecule has 34 heavy (non-hydrogen) atoms. The van der Waals surface area contributed by atoms with Crippen molar-refractivity contribution in [2.24, 2.45) is 7.05 Å². The maximum Gasteiger partial charge on any atom is 0.412 e. The zero-order chi connectivity index (χ0) is 23.8. The van der Waals surface area contributed by atoms with E-state index >= 15 is 0 Å². The van der Waals surface area contributed by atoms with E-state index in [0.717, 1.165) is 36.8 Å². The number of amides is 2. The summed E-state index contributed by atoms with van der Waals surface area (Å²) >= 11 is 6.13. The fourth-order valence-electron chi connectivity index (χ4n) is 4.22. The zero-order valence-corrected chi connectivity index (χ0v) is 19.6. The molecule has 5 rings (SSSR count). The Kier molecular flexibility index (Phi) is 5.82. The van der Waals surface area contributed by atoms with Crippen molar-refractivity contribution in [3.8, 4) is 17.1 Å². The Morgan fingerprint density at radius 2 is 2.09 bits per heavy atom. The number of aryl methyl sites for hydroxylation is 1. The second-order valence-corrected chi connectivity index (χ2v) is 8.90. The molecule has 11 heteroatoms. The van der Waals surface area contributed by atoms with Gasteiger partial charge in [-0.3, -0.25) is 9.48 Å². The minimum atomic E-state index is -0.659. The summed E-state index contributed by atoms with van der Waals surface area (Å²) in [5.41, 5.74) is 2.93. The molecule has 0 aliphatic carbocycles. The van der Waals surface area contributed by atoms with Crippen molar-refractivity contribution in [2.75, 3.05) is 13.1 Å². The SMILES string of the molecule is C[C@H](CC(=O)N1CCCC1)NC(=O)Oc1c[nH]c2ncc(-c3nn(C)c4cc(Cl)ccc34)nc12. The molecule has 1 aliphatic rings. The van der Waals surface area contributed by atoms with E-state index in [9.17, 15) is 9.59 Å². The largest absolute Gasteiger partial charge is 0.412 e. The number of rotatable bonds is 5. The van der Waals surface area contributed by atoms with Crippen LogP contribution in [0.4, 0.5) is 4.79 Å². The van der Waals surface area contributed by atoms with Crippen LogP contribution >= 0.6 is 11.6 Å². The van der Waals surface area contributed by atoms with Gasteiger partial charge in [-0.2, -0.15) is 5.10 Å². The number of carbonyl (C=O) groups is 2. The number of aromatic amines is 1. The summed E-state index contributed by atoms with van der Waals surface area (Å²) in [5, 5.41) is 8.79. The van der Waals surface area contributed by atoms with Crippen molar-refractivity contribution >= 4 is 45.7 Å². The number of fused-ring (bicyclic) bond motifs is 2. The van der Waals surface area contributed by atoms with Gasteiger partial charge in [0.15, 0.2) is 16.9 Å². The molecular weight excluding hydrogens is 458 g/mol. The lowest BCUT2D eigenvalue weighted by molar-refractivity contribution is -0.130. The average molecular weight is 482 g/mol. The second-order valence-electron chi connectivity index (χ2n) is 8.47. The molecule has 1 saturated heterocycles. The number of likely N-dealkylation sites (tertiary alicyclic amines) is 1. The lowest BCUT2D eigenvalue weighted by Gasteiger charge is -2.18. The summed E-state index contributed by atoms with van der Waals surface area (Å²) in [5.74, 6) is 0.278. The Hall–Kier alpha value is -3.66. The van der Waals surface area contributed by atoms with Crippen molar-refractivity contribution in [3.05, 3.63) is 35.6 Å². The van der Waals surface area contributed by atoms with Crippen LogP contribution in [0.3, 0.4) is 0 Å². The van der Waals surface area contributed by atoms with Crippen LogP contribution in [0.25, 0.3) is 33.5 Å². The number of nitrogens with zero attached hydrogens (tertiary/aromatic N) is 5. The number of ether oxygens (including phenoxy) is 1. The molecule has 3 aromatic heterocycles. The molecule has 1 aromatic carbocycles. The molecule has 1 atom stereocenters. The first-order valence-electron chi connectivity index (χ1n) is 11.1. The molecule has 0 saturated carbocycles. The maximum absolute atomic E-state index is 12.5. The lowest BCUT2D eigenvalue weighted by Crippen LogP contribution is -2.39. The molecule has 2 N–H and O–H groups in total. The van der Waals surface area contributed by atoms with Crippen LogP contribution < -0.4 is 10.1 Å². The smallest absolute Gasteiger partial charge is 0.406 e. The normalized spacial score (nSPS) is 14.6. The molecule has 176 valence electrons. The van der Waals surface area contributed by atoms with Gasteiger partial charge in [-0.15, -0.1) is 0 Å². The van der Waals surface area contributed by atoms with E-state index in [4.69, 9.17) is 16.3 Å². The molecule has 1 fully saturated rings. The quantitative estimate of drug-likeness (QED) is 0.449. The standard InChI is InChI=1S/C23H24ClN7O3/c1-13(9-19(32)31-7-3-4-8-31)27-23(33)34-18-12-26-22-21(18)28-16(11-25-22)20-15-6-5-14(24)10-17(15)30(2)29-20/h5-6,10-13H,3-4,7-9H2,1-2H3,(H,25,26)(H,27,33)/t13-/m1/s1. The van der Waals surface area contributed by atoms with Crippen LogP contribution in [0.2, 0.25) is 5.02 Å². The van der Waals surface area contributed by atoms with Crippen molar-refractivity contribution in [3.63, 3.8) is 0 Å². The van der Waals surface area contributed by atoms with E-state index in [1.807, 2.05) is 24.1 Å². The summed E-state index contributed by atoms with van der Waals surface area (Å²) in [6.07, 6.45) is 4.77. The van der Waals surface area contributed by atoms with Crippen LogP contribution in [-0.2, 0) is 11.8 Å². The van der Waals surface area contributed by atoms with Gasteiger partial charge in [-0.1, -0.05) is 11.6 Å². The number of hydrogen-bond donors (Lipinski definition) is 2. The maximum atomic E-state index is 12.5. The van der Waals surface area contributed by atoms with Gasteiger partial charge in [0.25, 0.3) is 0 Å². The van der Waals surface area contributed by atoms with Gasteiger partial charge in [-0.25, -0.2) is 14.8 Å². The number of benzene rings is 1. The molecule has 0 unspecified atom stereocenters. The minimum Gasteiger partial charge on any atom is -0.406 e. The number of hydrogen-bond acceptors (Lipinski definition) is 6. The highest BCUT2D eigenvalue weighted by atomic mass is 35.5. The van der Waals surface area contributed by atoms with Gasteiger partial charge in [0, 0.05) is 49.2 Å². The van der Waals surface area contributed by atoms with Crippen molar-refractivity contribution in [1.29, 1.82) is 0 Å². The van der Waals surface area contributed by atoms with Gasteiger partial charge < -0.3 is 19.9 Å². The molecule has 2 amide bonds. The first-order valence-corrected chi connectivity index (χ1v) is 11.5. The highest BCUT2D eigenvalue weighted by Crippen LogP contribution is 2.30. The summed E-state index contributed by atoms with van der Waals surface area (Å²) in [7, 11) is 1.83. The number of H-pyrrole nitrogens is 1. The monoisotopic (exact) mass is 481 g/mol. The highest BCUT2D eigenvalue weighted by molar-refractivity contribution is 6.31.